The molecule has 2 N–H and O–H groups in total. The fourth-order valence-corrected chi connectivity index (χ4v) is 1.75. The summed E-state index contributed by atoms with van der Waals surface area (Å²) < 4.78 is 0. The standard InChI is InChI=1S/C13H19N3OS/c1-4-16(8-9(2)3)13(17)11-6-5-10(7-15-11)12(14)18/h5-7,9H,4,8H2,1-3H3,(H2,14,18). The topological polar surface area (TPSA) is 59.2 Å². The normalized spacial score (nSPS) is 10.4. The van der Waals surface area contributed by atoms with Gasteiger partial charge in [0.05, 0.1) is 0 Å². The molecule has 1 rings (SSSR count). The van der Waals surface area contributed by atoms with Gasteiger partial charge in [-0.3, -0.25) is 9.78 Å². The molecule has 0 saturated carbocycles. The summed E-state index contributed by atoms with van der Waals surface area (Å²) in [5.74, 6) is 0.380. The summed E-state index contributed by atoms with van der Waals surface area (Å²) in [5, 5.41) is 0. The predicted octanol–water partition coefficient (Wildman–Crippen LogP) is 1.83. The van der Waals surface area contributed by atoms with Crippen molar-refractivity contribution in [3.05, 3.63) is 29.6 Å². The number of nitrogens with two attached hydrogens (primary N) is 1. The maximum Gasteiger partial charge on any atom is 0.272 e. The molecule has 0 unspecified atom stereocenters. The predicted molar refractivity (Wildman–Crippen MR) is 76.5 cm³/mol. The Morgan fingerprint density at radius 2 is 2.17 bits per heavy atom. The number of carbonyl (C=O) groups excluding carboxylic acids is 1. The van der Waals surface area contributed by atoms with Crippen LogP contribution < -0.4 is 5.73 Å². The highest BCUT2D eigenvalue weighted by Crippen LogP contribution is 2.07. The summed E-state index contributed by atoms with van der Waals surface area (Å²) in [5.41, 5.74) is 6.59. The van der Waals surface area contributed by atoms with Crippen molar-refractivity contribution < 1.29 is 4.79 Å². The Labute approximate surface area is 113 Å². The van der Waals surface area contributed by atoms with Gasteiger partial charge in [0.2, 0.25) is 0 Å². The zero-order valence-corrected chi connectivity index (χ0v) is 11.8. The van der Waals surface area contributed by atoms with Crippen LogP contribution in [0.2, 0.25) is 0 Å². The SMILES string of the molecule is CCN(CC(C)C)C(=O)c1ccc(C(N)=S)cn1. The van der Waals surface area contributed by atoms with Gasteiger partial charge in [0.25, 0.3) is 5.91 Å². The van der Waals surface area contributed by atoms with Crippen LogP contribution in [0, 0.1) is 5.92 Å². The van der Waals surface area contributed by atoms with Gasteiger partial charge < -0.3 is 10.6 Å². The Kier molecular flexibility index (Phi) is 5.22. The van der Waals surface area contributed by atoms with Crippen molar-refractivity contribution in [2.75, 3.05) is 13.1 Å². The molecule has 1 heterocycles. The Bertz CT molecular complexity index is 428. The number of hydrogen-bond acceptors (Lipinski definition) is 3. The molecule has 4 nitrogen and oxygen atoms in total. The van der Waals surface area contributed by atoms with Crippen LogP contribution >= 0.6 is 12.2 Å². The van der Waals surface area contributed by atoms with Crippen LogP contribution in [-0.4, -0.2) is 33.9 Å². The first kappa shape index (κ1) is 14.6. The Balaban J connectivity index is 2.85. The van der Waals surface area contributed by atoms with E-state index in [-0.39, 0.29) is 10.9 Å². The van der Waals surface area contributed by atoms with Gasteiger partial charge in [-0.1, -0.05) is 26.1 Å². The average Bonchev–Trinajstić information content (AvgIpc) is 2.35. The Morgan fingerprint density at radius 1 is 1.50 bits per heavy atom. The molecule has 98 valence electrons. The Morgan fingerprint density at radius 3 is 2.56 bits per heavy atom. The number of carbonyl (C=O) groups is 1. The van der Waals surface area contributed by atoms with E-state index in [4.69, 9.17) is 18.0 Å². The van der Waals surface area contributed by atoms with E-state index in [2.05, 4.69) is 18.8 Å². The van der Waals surface area contributed by atoms with Gasteiger partial charge >= 0.3 is 0 Å². The third kappa shape index (κ3) is 3.77. The van der Waals surface area contributed by atoms with E-state index in [1.165, 1.54) is 0 Å². The molecular formula is C13H19N3OS. The zero-order valence-electron chi connectivity index (χ0n) is 11.0. The fourth-order valence-electron chi connectivity index (χ4n) is 1.62. The summed E-state index contributed by atoms with van der Waals surface area (Å²) in [4.78, 5) is 18.4. The van der Waals surface area contributed by atoms with Gasteiger partial charge in [-0.15, -0.1) is 0 Å². The molecule has 5 heteroatoms. The average molecular weight is 265 g/mol. The van der Waals surface area contributed by atoms with E-state index >= 15 is 0 Å². The molecule has 0 aliphatic heterocycles. The molecule has 18 heavy (non-hydrogen) atoms. The summed E-state index contributed by atoms with van der Waals surface area (Å²) in [6.45, 7) is 7.53. The van der Waals surface area contributed by atoms with Crippen molar-refractivity contribution in [2.24, 2.45) is 11.7 Å². The number of rotatable bonds is 5. The van der Waals surface area contributed by atoms with E-state index in [0.717, 1.165) is 6.54 Å². The van der Waals surface area contributed by atoms with Crippen LogP contribution in [0.5, 0.6) is 0 Å². The lowest BCUT2D eigenvalue weighted by Gasteiger charge is -2.22. The minimum atomic E-state index is -0.0549. The lowest BCUT2D eigenvalue weighted by atomic mass is 10.2. The highest BCUT2D eigenvalue weighted by molar-refractivity contribution is 7.80. The van der Waals surface area contributed by atoms with Crippen LogP contribution in [-0.2, 0) is 0 Å². The molecule has 0 saturated heterocycles. The monoisotopic (exact) mass is 265 g/mol. The highest BCUT2D eigenvalue weighted by Gasteiger charge is 2.16. The van der Waals surface area contributed by atoms with Gasteiger partial charge in [-0.25, -0.2) is 0 Å². The molecule has 0 fully saturated rings. The number of hydrogen-bond donors (Lipinski definition) is 1. The van der Waals surface area contributed by atoms with E-state index in [1.807, 2.05) is 6.92 Å². The molecule has 0 aliphatic carbocycles. The molecule has 0 atom stereocenters. The minimum absolute atomic E-state index is 0.0549. The Hall–Kier alpha value is -1.49. The van der Waals surface area contributed by atoms with Crippen LogP contribution in [0.15, 0.2) is 18.3 Å². The summed E-state index contributed by atoms with van der Waals surface area (Å²) in [7, 11) is 0. The van der Waals surface area contributed by atoms with Crippen LogP contribution in [0.25, 0.3) is 0 Å². The maximum absolute atomic E-state index is 12.2. The number of amides is 1. The summed E-state index contributed by atoms with van der Waals surface area (Å²) >= 11 is 4.84. The fraction of sp³-hybridized carbons (Fsp3) is 0.462. The largest absolute Gasteiger partial charge is 0.389 e. The van der Waals surface area contributed by atoms with Crippen molar-refractivity contribution in [1.29, 1.82) is 0 Å². The third-order valence-corrected chi connectivity index (χ3v) is 2.76. The smallest absolute Gasteiger partial charge is 0.272 e. The second-order valence-electron chi connectivity index (χ2n) is 4.53. The maximum atomic E-state index is 12.2. The van der Waals surface area contributed by atoms with Crippen LogP contribution in [0.1, 0.15) is 36.8 Å². The number of thiocarbonyl (C=S) groups is 1. The van der Waals surface area contributed by atoms with Gasteiger partial charge in [-0.2, -0.15) is 0 Å². The lowest BCUT2D eigenvalue weighted by molar-refractivity contribution is 0.0740. The number of nitrogens with zero attached hydrogens (tertiary/aromatic N) is 2. The number of pyridine rings is 1. The van der Waals surface area contributed by atoms with Crippen molar-refractivity contribution in [2.45, 2.75) is 20.8 Å². The van der Waals surface area contributed by atoms with Crippen molar-refractivity contribution in [3.8, 4) is 0 Å². The van der Waals surface area contributed by atoms with E-state index < -0.39 is 0 Å². The van der Waals surface area contributed by atoms with Gasteiger partial charge in [0.15, 0.2) is 0 Å². The highest BCUT2D eigenvalue weighted by atomic mass is 32.1. The molecule has 0 aromatic carbocycles. The molecular weight excluding hydrogens is 246 g/mol. The molecule has 1 aromatic heterocycles. The van der Waals surface area contributed by atoms with E-state index in [0.29, 0.717) is 23.7 Å². The third-order valence-electron chi connectivity index (χ3n) is 2.52. The number of aromatic nitrogens is 1. The van der Waals surface area contributed by atoms with Crippen molar-refractivity contribution >= 4 is 23.1 Å². The molecule has 1 aromatic rings. The zero-order chi connectivity index (χ0) is 13.7. The van der Waals surface area contributed by atoms with Crippen molar-refractivity contribution in [1.82, 2.24) is 9.88 Å². The van der Waals surface area contributed by atoms with Gasteiger partial charge in [-0.05, 0) is 25.0 Å². The molecule has 0 radical (unpaired) electrons. The summed E-state index contributed by atoms with van der Waals surface area (Å²) in [6, 6.07) is 3.39. The van der Waals surface area contributed by atoms with Crippen LogP contribution in [0.3, 0.4) is 0 Å². The first-order valence-corrected chi connectivity index (χ1v) is 6.41. The molecule has 0 spiro atoms. The summed E-state index contributed by atoms with van der Waals surface area (Å²) in [6.07, 6.45) is 1.54. The van der Waals surface area contributed by atoms with E-state index in [9.17, 15) is 4.79 Å². The second kappa shape index (κ2) is 6.44. The quantitative estimate of drug-likeness (QED) is 0.825. The second-order valence-corrected chi connectivity index (χ2v) is 4.97. The first-order chi connectivity index (χ1) is 8.45. The van der Waals surface area contributed by atoms with Gasteiger partial charge in [0, 0.05) is 24.8 Å². The van der Waals surface area contributed by atoms with Crippen LogP contribution in [0.4, 0.5) is 0 Å². The first-order valence-electron chi connectivity index (χ1n) is 6.00. The molecule has 0 aliphatic rings. The lowest BCUT2D eigenvalue weighted by Crippen LogP contribution is -2.34. The van der Waals surface area contributed by atoms with E-state index in [1.54, 1.807) is 23.2 Å². The minimum Gasteiger partial charge on any atom is -0.389 e. The molecule has 1 amide bonds. The van der Waals surface area contributed by atoms with Crippen molar-refractivity contribution in [3.63, 3.8) is 0 Å². The molecule has 0 bridgehead atoms. The van der Waals surface area contributed by atoms with Gasteiger partial charge in [0.1, 0.15) is 10.7 Å².